The zero-order chi connectivity index (χ0) is 14.9. The molecule has 0 bridgehead atoms. The Bertz CT molecular complexity index is 428. The van der Waals surface area contributed by atoms with E-state index < -0.39 is 0 Å². The van der Waals surface area contributed by atoms with Crippen molar-refractivity contribution in [1.29, 1.82) is 0 Å². The Morgan fingerprint density at radius 1 is 1.52 bits per heavy atom. The lowest BCUT2D eigenvalue weighted by Crippen LogP contribution is -2.41. The first kappa shape index (κ1) is 15.8. The fourth-order valence-electron chi connectivity index (χ4n) is 2.27. The van der Waals surface area contributed by atoms with Crippen molar-refractivity contribution >= 4 is 6.03 Å². The topological polar surface area (TPSA) is 77.4 Å². The first-order valence-corrected chi connectivity index (χ1v) is 7.40. The molecule has 1 unspecified atom stereocenters. The maximum absolute atomic E-state index is 11.9. The zero-order valence-electron chi connectivity index (χ0n) is 12.5. The Kier molecular flexibility index (Phi) is 6.49. The van der Waals surface area contributed by atoms with Crippen LogP contribution in [0.3, 0.4) is 0 Å². The van der Waals surface area contributed by atoms with Crippen molar-refractivity contribution in [1.82, 2.24) is 20.4 Å². The molecule has 7 nitrogen and oxygen atoms in total. The smallest absolute Gasteiger partial charge is 0.315 e. The van der Waals surface area contributed by atoms with Crippen molar-refractivity contribution in [2.45, 2.75) is 38.4 Å². The molecule has 2 rings (SSSR count). The molecule has 1 fully saturated rings. The van der Waals surface area contributed by atoms with Crippen LogP contribution in [0.5, 0.6) is 0 Å². The van der Waals surface area contributed by atoms with E-state index in [1.807, 2.05) is 6.20 Å². The second-order valence-electron chi connectivity index (χ2n) is 5.17. The number of nitrogens with one attached hydrogen (secondary N) is 2. The van der Waals surface area contributed by atoms with Crippen molar-refractivity contribution in [3.63, 3.8) is 0 Å². The van der Waals surface area contributed by atoms with Gasteiger partial charge in [0.2, 0.25) is 0 Å². The van der Waals surface area contributed by atoms with Crippen molar-refractivity contribution in [2.24, 2.45) is 0 Å². The fourth-order valence-corrected chi connectivity index (χ4v) is 2.27. The van der Waals surface area contributed by atoms with Gasteiger partial charge in [0, 0.05) is 44.7 Å². The third-order valence-corrected chi connectivity index (χ3v) is 3.45. The number of aromatic nitrogens is 2. The predicted molar refractivity (Wildman–Crippen MR) is 77.9 cm³/mol. The van der Waals surface area contributed by atoms with Gasteiger partial charge in [-0.1, -0.05) is 0 Å². The monoisotopic (exact) mass is 296 g/mol. The van der Waals surface area contributed by atoms with Crippen LogP contribution < -0.4 is 10.6 Å². The van der Waals surface area contributed by atoms with Crippen LogP contribution in [0, 0.1) is 0 Å². The molecule has 1 aliphatic heterocycles. The second-order valence-corrected chi connectivity index (χ2v) is 5.17. The van der Waals surface area contributed by atoms with E-state index in [-0.39, 0.29) is 12.1 Å². The van der Waals surface area contributed by atoms with Crippen LogP contribution in [-0.4, -0.2) is 48.8 Å². The quantitative estimate of drug-likeness (QED) is 0.817. The molecular weight excluding hydrogens is 272 g/mol. The fraction of sp³-hybridized carbons (Fsp3) is 0.714. The predicted octanol–water partition coefficient (Wildman–Crippen LogP) is 0.898. The molecule has 0 radical (unpaired) electrons. The van der Waals surface area contributed by atoms with E-state index in [0.29, 0.717) is 19.7 Å². The van der Waals surface area contributed by atoms with Gasteiger partial charge in [0.15, 0.2) is 0 Å². The highest BCUT2D eigenvalue weighted by Gasteiger charge is 2.14. The lowest BCUT2D eigenvalue weighted by atomic mass is 10.1. The van der Waals surface area contributed by atoms with Gasteiger partial charge in [0.1, 0.15) is 0 Å². The van der Waals surface area contributed by atoms with Gasteiger partial charge in [-0.05, 0) is 19.3 Å². The van der Waals surface area contributed by atoms with E-state index in [1.54, 1.807) is 18.0 Å². The molecule has 1 aliphatic rings. The molecule has 21 heavy (non-hydrogen) atoms. The third kappa shape index (κ3) is 5.73. The summed E-state index contributed by atoms with van der Waals surface area (Å²) in [6.45, 7) is 3.32. The lowest BCUT2D eigenvalue weighted by molar-refractivity contribution is 0.143. The molecule has 0 spiro atoms. The van der Waals surface area contributed by atoms with Gasteiger partial charge in [-0.25, -0.2) is 4.79 Å². The highest BCUT2D eigenvalue weighted by Crippen LogP contribution is 2.07. The van der Waals surface area contributed by atoms with E-state index in [1.165, 1.54) is 0 Å². The first-order valence-electron chi connectivity index (χ1n) is 7.40. The van der Waals surface area contributed by atoms with Crippen molar-refractivity contribution in [3.05, 3.63) is 18.0 Å². The number of hydrogen-bond donors (Lipinski definition) is 2. The molecular formula is C14H24N4O3. The highest BCUT2D eigenvalue weighted by atomic mass is 16.5. The minimum Gasteiger partial charge on any atom is -0.383 e. The number of amides is 2. The summed E-state index contributed by atoms with van der Waals surface area (Å²) in [6, 6.07) is 0.0727. The summed E-state index contributed by atoms with van der Waals surface area (Å²) >= 11 is 0. The second kappa shape index (κ2) is 8.63. The van der Waals surface area contributed by atoms with Crippen LogP contribution in [0.15, 0.2) is 12.4 Å². The number of hydrogen-bond acceptors (Lipinski definition) is 4. The summed E-state index contributed by atoms with van der Waals surface area (Å²) in [5, 5.41) is 10.1. The zero-order valence-corrected chi connectivity index (χ0v) is 12.5. The SMILES string of the molecule is COCCn1cc(CNC(=O)NC2CCCOCC2)cn1. The van der Waals surface area contributed by atoms with Gasteiger partial charge in [-0.15, -0.1) is 0 Å². The number of ether oxygens (including phenoxy) is 2. The minimum atomic E-state index is -0.133. The molecule has 0 saturated carbocycles. The number of nitrogens with zero attached hydrogens (tertiary/aromatic N) is 2. The van der Waals surface area contributed by atoms with E-state index in [4.69, 9.17) is 9.47 Å². The molecule has 1 saturated heterocycles. The van der Waals surface area contributed by atoms with E-state index >= 15 is 0 Å². The van der Waals surface area contributed by atoms with Crippen LogP contribution in [0.4, 0.5) is 4.79 Å². The van der Waals surface area contributed by atoms with Crippen LogP contribution in [0.2, 0.25) is 0 Å². The Labute approximate surface area is 125 Å². The maximum atomic E-state index is 11.9. The van der Waals surface area contributed by atoms with Crippen molar-refractivity contribution in [3.8, 4) is 0 Å². The molecule has 0 aliphatic carbocycles. The molecule has 118 valence electrons. The lowest BCUT2D eigenvalue weighted by Gasteiger charge is -2.15. The van der Waals surface area contributed by atoms with E-state index in [9.17, 15) is 4.79 Å². The van der Waals surface area contributed by atoms with Crippen molar-refractivity contribution in [2.75, 3.05) is 26.9 Å². The number of urea groups is 1. The molecule has 1 atom stereocenters. The molecule has 2 heterocycles. The number of carbonyl (C=O) groups excluding carboxylic acids is 1. The van der Waals surface area contributed by atoms with Crippen LogP contribution in [0.25, 0.3) is 0 Å². The molecule has 1 aromatic rings. The Balaban J connectivity index is 1.69. The summed E-state index contributed by atoms with van der Waals surface area (Å²) in [6.07, 6.45) is 6.52. The molecule has 2 amide bonds. The highest BCUT2D eigenvalue weighted by molar-refractivity contribution is 5.74. The molecule has 7 heteroatoms. The van der Waals surface area contributed by atoms with Crippen LogP contribution in [-0.2, 0) is 22.6 Å². The van der Waals surface area contributed by atoms with Gasteiger partial charge < -0.3 is 20.1 Å². The van der Waals surface area contributed by atoms with Crippen LogP contribution in [0.1, 0.15) is 24.8 Å². The summed E-state index contributed by atoms with van der Waals surface area (Å²) in [7, 11) is 1.66. The van der Waals surface area contributed by atoms with Crippen LogP contribution >= 0.6 is 0 Å². The summed E-state index contributed by atoms with van der Waals surface area (Å²) in [5.41, 5.74) is 0.977. The van der Waals surface area contributed by atoms with Crippen molar-refractivity contribution < 1.29 is 14.3 Å². The standard InChI is InChI=1S/C14H24N4O3/c1-20-8-5-18-11-12(10-16-18)9-15-14(19)17-13-3-2-6-21-7-4-13/h10-11,13H,2-9H2,1H3,(H2,15,17,19). The first-order chi connectivity index (χ1) is 10.3. The number of methoxy groups -OCH3 is 1. The third-order valence-electron chi connectivity index (χ3n) is 3.45. The number of rotatable bonds is 6. The average Bonchev–Trinajstić information content (AvgIpc) is 2.79. The maximum Gasteiger partial charge on any atom is 0.315 e. The largest absolute Gasteiger partial charge is 0.383 e. The van der Waals surface area contributed by atoms with E-state index in [0.717, 1.165) is 38.0 Å². The van der Waals surface area contributed by atoms with Gasteiger partial charge in [-0.2, -0.15) is 5.10 Å². The molecule has 2 N–H and O–H groups in total. The van der Waals surface area contributed by atoms with E-state index in [2.05, 4.69) is 15.7 Å². The molecule has 0 aromatic carbocycles. The number of carbonyl (C=O) groups is 1. The summed E-state index contributed by atoms with van der Waals surface area (Å²) in [5.74, 6) is 0. The minimum absolute atomic E-state index is 0.133. The van der Waals surface area contributed by atoms with Gasteiger partial charge in [0.25, 0.3) is 0 Å². The molecule has 1 aromatic heterocycles. The van der Waals surface area contributed by atoms with Gasteiger partial charge in [0.05, 0.1) is 19.3 Å². The Morgan fingerprint density at radius 2 is 2.43 bits per heavy atom. The van der Waals surface area contributed by atoms with Gasteiger partial charge >= 0.3 is 6.03 Å². The Morgan fingerprint density at radius 3 is 3.29 bits per heavy atom. The normalized spacial score (nSPS) is 19.0. The Hall–Kier alpha value is -1.60. The summed E-state index contributed by atoms with van der Waals surface area (Å²) < 4.78 is 12.2. The summed E-state index contributed by atoms with van der Waals surface area (Å²) in [4.78, 5) is 11.9. The van der Waals surface area contributed by atoms with Gasteiger partial charge in [-0.3, -0.25) is 4.68 Å². The average molecular weight is 296 g/mol.